The first-order valence-corrected chi connectivity index (χ1v) is 6.87. The molecule has 1 saturated heterocycles. The molecule has 0 aliphatic carbocycles. The van der Waals surface area contributed by atoms with Crippen LogP contribution in [0.1, 0.15) is 32.9 Å². The van der Waals surface area contributed by atoms with E-state index < -0.39 is 5.60 Å². The van der Waals surface area contributed by atoms with E-state index in [2.05, 4.69) is 15.3 Å². The van der Waals surface area contributed by atoms with Crippen molar-refractivity contribution in [3.63, 3.8) is 0 Å². The Hall–Kier alpha value is -1.85. The maximum absolute atomic E-state index is 12.0. The molecule has 20 heavy (non-hydrogen) atoms. The molecule has 0 spiro atoms. The highest BCUT2D eigenvalue weighted by atomic mass is 16.6. The molecular formula is C14H22N4O2. The number of ether oxygens (including phenoxy) is 1. The van der Waals surface area contributed by atoms with Crippen LogP contribution in [0.4, 0.5) is 10.7 Å². The van der Waals surface area contributed by atoms with E-state index in [1.807, 2.05) is 33.8 Å². The van der Waals surface area contributed by atoms with Gasteiger partial charge in [0.15, 0.2) is 0 Å². The number of nitrogens with one attached hydrogen (secondary N) is 1. The van der Waals surface area contributed by atoms with Crippen LogP contribution in [-0.2, 0) is 4.74 Å². The van der Waals surface area contributed by atoms with Crippen LogP contribution in [0.2, 0.25) is 0 Å². The summed E-state index contributed by atoms with van der Waals surface area (Å²) in [5, 5.41) is 3.26. The highest BCUT2D eigenvalue weighted by molar-refractivity contribution is 5.68. The van der Waals surface area contributed by atoms with Gasteiger partial charge in [0.25, 0.3) is 0 Å². The molecule has 1 N–H and O–H groups in total. The highest BCUT2D eigenvalue weighted by Crippen LogP contribution is 2.17. The molecule has 1 fully saturated rings. The van der Waals surface area contributed by atoms with Crippen LogP contribution >= 0.6 is 0 Å². The fourth-order valence-electron chi connectivity index (χ4n) is 2.07. The van der Waals surface area contributed by atoms with Crippen LogP contribution in [0.5, 0.6) is 0 Å². The Kier molecular flexibility index (Phi) is 4.11. The van der Waals surface area contributed by atoms with Gasteiger partial charge in [0.05, 0.1) is 0 Å². The average Bonchev–Trinajstić information content (AvgIpc) is 2.75. The second kappa shape index (κ2) is 5.64. The fraction of sp³-hybridized carbons (Fsp3) is 0.643. The summed E-state index contributed by atoms with van der Waals surface area (Å²) in [6.07, 6.45) is 2.34. The van der Waals surface area contributed by atoms with Crippen LogP contribution in [0.15, 0.2) is 12.3 Å². The molecule has 0 bridgehead atoms. The molecule has 1 aliphatic rings. The van der Waals surface area contributed by atoms with Crippen molar-refractivity contribution in [2.45, 2.75) is 45.8 Å². The van der Waals surface area contributed by atoms with Gasteiger partial charge >= 0.3 is 6.09 Å². The third-order valence-corrected chi connectivity index (χ3v) is 2.97. The standard InChI is InChI=1S/C14H22N4O2/c1-10-5-7-15-12(16-10)17-11-6-8-18(9-11)13(19)20-14(2,3)4/h5,7,11H,6,8-9H2,1-4H3,(H,15,16,17)/t11-/m0/s1. The van der Waals surface area contributed by atoms with Crippen LogP contribution in [0.3, 0.4) is 0 Å². The largest absolute Gasteiger partial charge is 0.444 e. The SMILES string of the molecule is Cc1ccnc(N[C@H]2CCN(C(=O)OC(C)(C)C)C2)n1. The highest BCUT2D eigenvalue weighted by Gasteiger charge is 2.29. The quantitative estimate of drug-likeness (QED) is 0.898. The van der Waals surface area contributed by atoms with Crippen LogP contribution in [-0.4, -0.2) is 45.7 Å². The van der Waals surface area contributed by atoms with Crippen molar-refractivity contribution in [3.05, 3.63) is 18.0 Å². The minimum Gasteiger partial charge on any atom is -0.444 e. The van der Waals surface area contributed by atoms with Gasteiger partial charge in [0.2, 0.25) is 5.95 Å². The van der Waals surface area contributed by atoms with Crippen LogP contribution in [0.25, 0.3) is 0 Å². The van der Waals surface area contributed by atoms with E-state index in [0.29, 0.717) is 19.0 Å². The second-order valence-corrected chi connectivity index (χ2v) is 6.08. The maximum atomic E-state index is 12.0. The molecule has 1 aliphatic heterocycles. The van der Waals surface area contributed by atoms with Crippen molar-refractivity contribution in [1.82, 2.24) is 14.9 Å². The number of hydrogen-bond donors (Lipinski definition) is 1. The third kappa shape index (κ3) is 4.08. The van der Waals surface area contributed by atoms with Gasteiger partial charge in [-0.05, 0) is 40.2 Å². The van der Waals surface area contributed by atoms with E-state index in [1.165, 1.54) is 0 Å². The minimum absolute atomic E-state index is 0.171. The van der Waals surface area contributed by atoms with Gasteiger partial charge in [-0.1, -0.05) is 0 Å². The molecule has 0 aromatic carbocycles. The number of carbonyl (C=O) groups is 1. The molecule has 6 heteroatoms. The van der Waals surface area contributed by atoms with E-state index in [0.717, 1.165) is 12.1 Å². The Bertz CT molecular complexity index is 484. The molecule has 0 radical (unpaired) electrons. The summed E-state index contributed by atoms with van der Waals surface area (Å²) in [5.41, 5.74) is 0.465. The van der Waals surface area contributed by atoms with Gasteiger partial charge in [-0.3, -0.25) is 0 Å². The Morgan fingerprint density at radius 2 is 2.25 bits per heavy atom. The molecule has 1 amide bonds. The van der Waals surface area contributed by atoms with Crippen molar-refractivity contribution in [3.8, 4) is 0 Å². The Morgan fingerprint density at radius 1 is 1.50 bits per heavy atom. The molecule has 1 atom stereocenters. The van der Waals surface area contributed by atoms with E-state index in [1.54, 1.807) is 11.1 Å². The van der Waals surface area contributed by atoms with Crippen LogP contribution in [0, 0.1) is 6.92 Å². The van der Waals surface area contributed by atoms with E-state index in [-0.39, 0.29) is 12.1 Å². The number of hydrogen-bond acceptors (Lipinski definition) is 5. The molecule has 0 unspecified atom stereocenters. The molecule has 2 heterocycles. The smallest absolute Gasteiger partial charge is 0.410 e. The number of carbonyl (C=O) groups excluding carboxylic acids is 1. The van der Waals surface area contributed by atoms with Crippen LogP contribution < -0.4 is 5.32 Å². The molecule has 1 aromatic heterocycles. The summed E-state index contributed by atoms with van der Waals surface area (Å²) in [4.78, 5) is 22.2. The normalized spacial score (nSPS) is 19.0. The van der Waals surface area contributed by atoms with E-state index in [9.17, 15) is 4.79 Å². The lowest BCUT2D eigenvalue weighted by molar-refractivity contribution is 0.0293. The zero-order valence-electron chi connectivity index (χ0n) is 12.5. The first kappa shape index (κ1) is 14.6. The fourth-order valence-corrected chi connectivity index (χ4v) is 2.07. The zero-order valence-corrected chi connectivity index (χ0v) is 12.5. The predicted molar refractivity (Wildman–Crippen MR) is 76.6 cm³/mol. The maximum Gasteiger partial charge on any atom is 0.410 e. The molecule has 0 saturated carbocycles. The van der Waals surface area contributed by atoms with Gasteiger partial charge in [-0.15, -0.1) is 0 Å². The number of rotatable bonds is 2. The van der Waals surface area contributed by atoms with Crippen molar-refractivity contribution in [2.24, 2.45) is 0 Å². The molecule has 6 nitrogen and oxygen atoms in total. The zero-order chi connectivity index (χ0) is 14.8. The van der Waals surface area contributed by atoms with E-state index in [4.69, 9.17) is 4.74 Å². The molecule has 2 rings (SSSR count). The summed E-state index contributed by atoms with van der Waals surface area (Å²) in [6.45, 7) is 8.85. The lowest BCUT2D eigenvalue weighted by Gasteiger charge is -2.24. The second-order valence-electron chi connectivity index (χ2n) is 6.08. The topological polar surface area (TPSA) is 67.4 Å². The third-order valence-electron chi connectivity index (χ3n) is 2.97. The first-order chi connectivity index (χ1) is 9.33. The Balaban J connectivity index is 1.88. The molecule has 1 aromatic rings. The summed E-state index contributed by atoms with van der Waals surface area (Å²) in [6, 6.07) is 2.02. The number of aromatic nitrogens is 2. The van der Waals surface area contributed by atoms with Gasteiger partial charge in [-0.2, -0.15) is 0 Å². The lowest BCUT2D eigenvalue weighted by Crippen LogP contribution is -2.36. The Morgan fingerprint density at radius 3 is 2.90 bits per heavy atom. The number of aryl methyl sites for hydroxylation is 1. The average molecular weight is 278 g/mol. The monoisotopic (exact) mass is 278 g/mol. The van der Waals surface area contributed by atoms with Gasteiger partial charge in [0, 0.05) is 31.0 Å². The van der Waals surface area contributed by atoms with Gasteiger partial charge in [-0.25, -0.2) is 14.8 Å². The van der Waals surface area contributed by atoms with E-state index >= 15 is 0 Å². The van der Waals surface area contributed by atoms with Crippen molar-refractivity contribution >= 4 is 12.0 Å². The predicted octanol–water partition coefficient (Wildman–Crippen LogP) is 2.21. The molecule has 110 valence electrons. The van der Waals surface area contributed by atoms with Gasteiger partial charge in [0.1, 0.15) is 5.60 Å². The Labute approximate surface area is 119 Å². The first-order valence-electron chi connectivity index (χ1n) is 6.87. The number of likely N-dealkylation sites (tertiary alicyclic amines) is 1. The van der Waals surface area contributed by atoms with Crippen molar-refractivity contribution in [1.29, 1.82) is 0 Å². The van der Waals surface area contributed by atoms with Crippen molar-refractivity contribution < 1.29 is 9.53 Å². The summed E-state index contributed by atoms with van der Waals surface area (Å²) in [7, 11) is 0. The summed E-state index contributed by atoms with van der Waals surface area (Å²) >= 11 is 0. The lowest BCUT2D eigenvalue weighted by atomic mass is 10.2. The number of amides is 1. The number of nitrogens with zero attached hydrogens (tertiary/aromatic N) is 3. The number of anilines is 1. The van der Waals surface area contributed by atoms with Crippen molar-refractivity contribution in [2.75, 3.05) is 18.4 Å². The summed E-state index contributed by atoms with van der Waals surface area (Å²) in [5.74, 6) is 0.612. The molecular weight excluding hydrogens is 256 g/mol. The van der Waals surface area contributed by atoms with Gasteiger partial charge < -0.3 is 15.0 Å². The summed E-state index contributed by atoms with van der Waals surface area (Å²) < 4.78 is 5.37. The minimum atomic E-state index is -0.456.